The predicted molar refractivity (Wildman–Crippen MR) is 32.4 cm³/mol. The molecule has 0 aliphatic heterocycles. The molecule has 0 aliphatic carbocycles. The maximum Gasteiger partial charge on any atom is 2.00 e. The molecule has 0 amide bonds. The van der Waals surface area contributed by atoms with Crippen molar-refractivity contribution in [1.29, 1.82) is 0 Å². The van der Waals surface area contributed by atoms with Gasteiger partial charge in [0.25, 0.3) is 0 Å². The van der Waals surface area contributed by atoms with Gasteiger partial charge >= 0.3 is 19.5 Å². The Hall–Kier alpha value is -0.147. The van der Waals surface area contributed by atoms with E-state index in [4.69, 9.17) is 9.90 Å². The van der Waals surface area contributed by atoms with E-state index >= 15 is 0 Å². The van der Waals surface area contributed by atoms with E-state index in [-0.39, 0.29) is 52.3 Å². The van der Waals surface area contributed by atoms with Crippen molar-refractivity contribution < 1.29 is 62.2 Å². The number of aliphatic carboxylic acids is 1. The van der Waals surface area contributed by atoms with Gasteiger partial charge in [-0.1, -0.05) is 0 Å². The molecule has 0 aromatic carbocycles. The van der Waals surface area contributed by atoms with Gasteiger partial charge in [0.15, 0.2) is 0 Å². The van der Waals surface area contributed by atoms with E-state index in [1.54, 1.807) is 0 Å². The molecule has 0 saturated carbocycles. The second-order valence-electron chi connectivity index (χ2n) is 0.492. The molecular formula is C2H15O8Zn+. The van der Waals surface area contributed by atoms with Gasteiger partial charge in [0, 0.05) is 5.97 Å². The molecule has 72 valence electrons. The largest absolute Gasteiger partial charge is 2.00 e. The van der Waals surface area contributed by atoms with Gasteiger partial charge in [0.2, 0.25) is 0 Å². The Bertz CT molecular complexity index is 35.1. The van der Waals surface area contributed by atoms with Crippen LogP contribution < -0.4 is 5.11 Å². The summed E-state index contributed by atoms with van der Waals surface area (Å²) in [7, 11) is 0. The Morgan fingerprint density at radius 1 is 0.909 bits per heavy atom. The van der Waals surface area contributed by atoms with Crippen LogP contribution in [0.5, 0.6) is 0 Å². The monoisotopic (exact) mass is 231 g/mol. The fraction of sp³-hybridized carbons (Fsp3) is 0.500. The number of carboxylic acid groups (broad SMARTS) is 1. The topological polar surface area (TPSA) is 229 Å². The van der Waals surface area contributed by atoms with Gasteiger partial charge in [0.05, 0.1) is 0 Å². The summed E-state index contributed by atoms with van der Waals surface area (Å²) in [6, 6.07) is 0. The van der Waals surface area contributed by atoms with Crippen molar-refractivity contribution in [3.63, 3.8) is 0 Å². The predicted octanol–water partition coefficient (Wildman–Crippen LogP) is -6.19. The molecule has 9 heteroatoms. The van der Waals surface area contributed by atoms with E-state index in [1.807, 2.05) is 0 Å². The van der Waals surface area contributed by atoms with Crippen molar-refractivity contribution >= 4 is 5.97 Å². The van der Waals surface area contributed by atoms with Gasteiger partial charge < -0.3 is 42.8 Å². The normalized spacial score (nSPS) is 2.27. The van der Waals surface area contributed by atoms with Crippen LogP contribution in [0, 0.1) is 0 Å². The Balaban J connectivity index is -0.00000000214. The summed E-state index contributed by atoms with van der Waals surface area (Å²) in [5.74, 6) is -1.08. The minimum atomic E-state index is -1.08. The van der Waals surface area contributed by atoms with Crippen molar-refractivity contribution in [2.75, 3.05) is 0 Å². The summed E-state index contributed by atoms with van der Waals surface area (Å²) in [6.07, 6.45) is 0. The van der Waals surface area contributed by atoms with Crippen LogP contribution in [0.25, 0.3) is 0 Å². The first kappa shape index (κ1) is 129. The van der Waals surface area contributed by atoms with E-state index in [9.17, 15) is 0 Å². The fourth-order valence-electron chi connectivity index (χ4n) is 0. The molecule has 0 aromatic heterocycles. The van der Waals surface area contributed by atoms with Crippen molar-refractivity contribution in [2.45, 2.75) is 6.92 Å². The third-order valence-electron chi connectivity index (χ3n) is 0. The molecule has 0 fully saturated rings. The minimum absolute atomic E-state index is 0. The Labute approximate surface area is 75.8 Å². The van der Waals surface area contributed by atoms with Crippen molar-refractivity contribution in [3.8, 4) is 0 Å². The third-order valence-corrected chi connectivity index (χ3v) is 0. The Kier molecular flexibility index (Phi) is 1120. The van der Waals surface area contributed by atoms with E-state index in [0.29, 0.717) is 0 Å². The maximum atomic E-state index is 8.89. The summed E-state index contributed by atoms with van der Waals surface area (Å²) in [5.41, 5.74) is 0. The smallest absolute Gasteiger partial charge is 0.550 e. The molecule has 11 heavy (non-hydrogen) atoms. The molecule has 0 spiro atoms. The Morgan fingerprint density at radius 2 is 0.909 bits per heavy atom. The molecule has 0 rings (SSSR count). The molecule has 0 atom stereocenters. The van der Waals surface area contributed by atoms with E-state index < -0.39 is 5.97 Å². The zero-order valence-corrected chi connectivity index (χ0v) is 8.99. The average Bonchev–Trinajstić information content (AvgIpc) is 0.811. The van der Waals surface area contributed by atoms with Crippen LogP contribution in [0.1, 0.15) is 6.92 Å². The van der Waals surface area contributed by atoms with Crippen LogP contribution in [-0.4, -0.2) is 38.8 Å². The first-order chi connectivity index (χ1) is 1.73. The first-order valence-electron chi connectivity index (χ1n) is 0.908. The average molecular weight is 233 g/mol. The summed E-state index contributed by atoms with van der Waals surface area (Å²) in [4.78, 5) is 8.89. The van der Waals surface area contributed by atoms with Gasteiger partial charge in [-0.3, -0.25) is 0 Å². The number of carbonyl (C=O) groups is 1. The first-order valence-corrected chi connectivity index (χ1v) is 0.908. The third kappa shape index (κ3) is 28300. The molecule has 0 radical (unpaired) electrons. The number of carboxylic acids is 1. The molecule has 0 aliphatic rings. The summed E-state index contributed by atoms with van der Waals surface area (Å²) in [5, 5.41) is 8.89. The zero-order valence-electron chi connectivity index (χ0n) is 6.02. The standard InChI is InChI=1S/C2H4O2.6H2O.Zn/c1-2(3)4;;;;;;;/h1H3,(H,3,4);6*1H2;/q;;;;;;;+2/p-1. The molecule has 8 nitrogen and oxygen atoms in total. The molecule has 0 heterocycles. The minimum Gasteiger partial charge on any atom is -0.550 e. The second-order valence-corrected chi connectivity index (χ2v) is 0.492. The molecule has 0 aromatic rings. The summed E-state index contributed by atoms with van der Waals surface area (Å²) in [6.45, 7) is 0.972. The van der Waals surface area contributed by atoms with Crippen LogP contribution >= 0.6 is 0 Å². The number of hydrogen-bond acceptors (Lipinski definition) is 2. The van der Waals surface area contributed by atoms with Crippen LogP contribution in [0.15, 0.2) is 0 Å². The SMILES string of the molecule is CC(=O)[O-].O.O.O.O.O.O.[Zn+2]. The van der Waals surface area contributed by atoms with Gasteiger partial charge in [-0.15, -0.1) is 0 Å². The Morgan fingerprint density at radius 3 is 0.909 bits per heavy atom. The summed E-state index contributed by atoms with van der Waals surface area (Å²) >= 11 is 0. The van der Waals surface area contributed by atoms with Crippen LogP contribution in [0.4, 0.5) is 0 Å². The zero-order chi connectivity index (χ0) is 3.58. The van der Waals surface area contributed by atoms with Crippen LogP contribution in [-0.2, 0) is 24.3 Å². The van der Waals surface area contributed by atoms with Gasteiger partial charge in [-0.2, -0.15) is 0 Å². The fourth-order valence-corrected chi connectivity index (χ4v) is 0. The van der Waals surface area contributed by atoms with Crippen molar-refractivity contribution in [3.05, 3.63) is 0 Å². The maximum absolute atomic E-state index is 8.89. The van der Waals surface area contributed by atoms with E-state index in [2.05, 4.69) is 0 Å². The van der Waals surface area contributed by atoms with Crippen LogP contribution in [0.2, 0.25) is 0 Å². The van der Waals surface area contributed by atoms with E-state index in [1.165, 1.54) is 0 Å². The molecule has 0 saturated heterocycles. The number of carbonyl (C=O) groups excluding carboxylic acids is 1. The van der Waals surface area contributed by atoms with Gasteiger partial charge in [0.1, 0.15) is 0 Å². The van der Waals surface area contributed by atoms with Gasteiger partial charge in [-0.25, -0.2) is 0 Å². The van der Waals surface area contributed by atoms with Crippen molar-refractivity contribution in [2.24, 2.45) is 0 Å². The number of hydrogen-bond donors (Lipinski definition) is 0. The molecule has 0 bridgehead atoms. The van der Waals surface area contributed by atoms with E-state index in [0.717, 1.165) is 6.92 Å². The van der Waals surface area contributed by atoms with Crippen LogP contribution in [0.3, 0.4) is 0 Å². The van der Waals surface area contributed by atoms with Gasteiger partial charge in [-0.05, 0) is 6.92 Å². The summed E-state index contributed by atoms with van der Waals surface area (Å²) < 4.78 is 0. The second kappa shape index (κ2) is 94.9. The molecular weight excluding hydrogens is 217 g/mol. The molecule has 12 N–H and O–H groups in total. The quantitative estimate of drug-likeness (QED) is 0.371. The number of rotatable bonds is 0. The van der Waals surface area contributed by atoms with Crippen molar-refractivity contribution in [1.82, 2.24) is 0 Å². The molecule has 0 unspecified atom stereocenters.